The van der Waals surface area contributed by atoms with Gasteiger partial charge in [0.1, 0.15) is 5.75 Å². The van der Waals surface area contributed by atoms with Crippen LogP contribution < -0.4 is 15.0 Å². The number of benzene rings is 3. The van der Waals surface area contributed by atoms with Crippen LogP contribution in [0.5, 0.6) is 5.75 Å². The molecule has 0 aliphatic carbocycles. The summed E-state index contributed by atoms with van der Waals surface area (Å²) in [4.78, 5) is 45.5. The molecule has 1 aromatic heterocycles. The fraction of sp³-hybridized carbons (Fsp3) is 0.0833. The zero-order valence-electron chi connectivity index (χ0n) is 17.8. The molecule has 2 amide bonds. The Balaban J connectivity index is 1.64. The Morgan fingerprint density at radius 3 is 2.48 bits per heavy atom. The number of nitrogens with zero attached hydrogens (tertiary/aromatic N) is 2. The second kappa shape index (κ2) is 8.83. The number of carbonyl (C=O) groups is 3. The first kappa shape index (κ1) is 21.6. The molecular formula is C24H20N4O5. The van der Waals surface area contributed by atoms with E-state index < -0.39 is 12.0 Å². The van der Waals surface area contributed by atoms with Crippen molar-refractivity contribution in [3.8, 4) is 5.75 Å². The number of amides is 2. The van der Waals surface area contributed by atoms with Gasteiger partial charge in [0.25, 0.3) is 5.91 Å². The first-order chi connectivity index (χ1) is 15.9. The van der Waals surface area contributed by atoms with Gasteiger partial charge in [-0.2, -0.15) is 0 Å². The van der Waals surface area contributed by atoms with Gasteiger partial charge in [-0.3, -0.25) is 14.5 Å². The van der Waals surface area contributed by atoms with Crippen LogP contribution in [0.15, 0.2) is 66.7 Å². The Morgan fingerprint density at radius 2 is 1.76 bits per heavy atom. The lowest BCUT2D eigenvalue weighted by atomic mass is 9.97. The Bertz CT molecular complexity index is 1380. The number of rotatable bonds is 6. The molecule has 0 spiro atoms. The van der Waals surface area contributed by atoms with E-state index in [0.717, 1.165) is 4.90 Å². The summed E-state index contributed by atoms with van der Waals surface area (Å²) >= 11 is 0. The molecule has 3 N–H and O–H groups in total. The fourth-order valence-electron chi connectivity index (χ4n) is 3.32. The van der Waals surface area contributed by atoms with E-state index in [-0.39, 0.29) is 22.9 Å². The van der Waals surface area contributed by atoms with Crippen LogP contribution in [-0.2, 0) is 0 Å². The minimum Gasteiger partial charge on any atom is -0.497 e. The van der Waals surface area contributed by atoms with Gasteiger partial charge in [0.15, 0.2) is 5.78 Å². The number of ether oxygens (including phenoxy) is 1. The number of methoxy groups -OCH3 is 1. The van der Waals surface area contributed by atoms with E-state index in [1.54, 1.807) is 66.7 Å². The normalized spacial score (nSPS) is 10.6. The summed E-state index contributed by atoms with van der Waals surface area (Å²) in [5.74, 6) is -0.0469. The second-order valence-electron chi connectivity index (χ2n) is 7.19. The van der Waals surface area contributed by atoms with E-state index in [9.17, 15) is 14.4 Å². The number of aromatic amines is 1. The number of fused-ring (bicyclic) bond motifs is 1. The highest BCUT2D eigenvalue weighted by Crippen LogP contribution is 2.23. The summed E-state index contributed by atoms with van der Waals surface area (Å²) in [6.45, 7) is 0. The molecule has 0 saturated carbocycles. The van der Waals surface area contributed by atoms with Crippen molar-refractivity contribution < 1.29 is 24.2 Å². The molecule has 1 heterocycles. The Kier molecular flexibility index (Phi) is 5.77. The third-order valence-electron chi connectivity index (χ3n) is 5.08. The molecule has 9 nitrogen and oxygen atoms in total. The molecule has 0 bridgehead atoms. The lowest BCUT2D eigenvalue weighted by molar-refractivity contribution is 0.0996. The van der Waals surface area contributed by atoms with Crippen LogP contribution in [0.3, 0.4) is 0 Å². The van der Waals surface area contributed by atoms with Gasteiger partial charge in [0.2, 0.25) is 5.95 Å². The van der Waals surface area contributed by atoms with E-state index in [1.807, 2.05) is 0 Å². The summed E-state index contributed by atoms with van der Waals surface area (Å²) in [7, 11) is 2.90. The maximum atomic E-state index is 13.3. The Hall–Kier alpha value is -4.66. The molecule has 0 radical (unpaired) electrons. The third-order valence-corrected chi connectivity index (χ3v) is 5.08. The monoisotopic (exact) mass is 444 g/mol. The molecular weight excluding hydrogens is 424 g/mol. The molecule has 4 rings (SSSR count). The molecule has 0 atom stereocenters. The van der Waals surface area contributed by atoms with Crippen molar-refractivity contribution in [1.29, 1.82) is 0 Å². The number of aromatic nitrogens is 2. The van der Waals surface area contributed by atoms with E-state index in [2.05, 4.69) is 15.3 Å². The zero-order valence-corrected chi connectivity index (χ0v) is 17.8. The fourth-order valence-corrected chi connectivity index (χ4v) is 3.32. The lowest BCUT2D eigenvalue weighted by Gasteiger charge is -2.10. The van der Waals surface area contributed by atoms with Gasteiger partial charge >= 0.3 is 6.09 Å². The van der Waals surface area contributed by atoms with Crippen molar-refractivity contribution in [2.45, 2.75) is 0 Å². The number of imidazole rings is 1. The number of nitrogens with one attached hydrogen (secondary N) is 2. The number of H-pyrrole nitrogens is 1. The molecule has 166 valence electrons. The number of anilines is 2. The minimum atomic E-state index is -1.17. The maximum Gasteiger partial charge on any atom is 0.413 e. The number of hydrogen-bond donors (Lipinski definition) is 3. The summed E-state index contributed by atoms with van der Waals surface area (Å²) in [5.41, 5.74) is 2.34. The summed E-state index contributed by atoms with van der Waals surface area (Å²) in [5, 5.41) is 11.9. The number of carbonyl (C=O) groups excluding carboxylic acids is 2. The van der Waals surface area contributed by atoms with Crippen molar-refractivity contribution in [2.24, 2.45) is 0 Å². The van der Waals surface area contributed by atoms with E-state index in [4.69, 9.17) is 9.84 Å². The van der Waals surface area contributed by atoms with E-state index in [1.165, 1.54) is 14.2 Å². The topological polar surface area (TPSA) is 125 Å². The highest BCUT2D eigenvalue weighted by atomic mass is 16.5. The van der Waals surface area contributed by atoms with Crippen molar-refractivity contribution in [3.05, 3.63) is 83.4 Å². The second-order valence-corrected chi connectivity index (χ2v) is 7.19. The molecule has 33 heavy (non-hydrogen) atoms. The molecule has 4 aromatic rings. The summed E-state index contributed by atoms with van der Waals surface area (Å²) < 4.78 is 5.18. The highest BCUT2D eigenvalue weighted by molar-refractivity contribution is 6.18. The predicted molar refractivity (Wildman–Crippen MR) is 123 cm³/mol. The minimum absolute atomic E-state index is 0.139. The zero-order chi connectivity index (χ0) is 23.5. The Labute approximate surface area is 188 Å². The van der Waals surface area contributed by atoms with Crippen LogP contribution in [0.1, 0.15) is 26.3 Å². The molecule has 0 aliphatic heterocycles. The van der Waals surface area contributed by atoms with Gasteiger partial charge in [0.05, 0.1) is 23.7 Å². The number of hydrogen-bond acceptors (Lipinski definition) is 5. The Morgan fingerprint density at radius 1 is 1.00 bits per heavy atom. The lowest BCUT2D eigenvalue weighted by Crippen LogP contribution is -2.24. The largest absolute Gasteiger partial charge is 0.497 e. The van der Waals surface area contributed by atoms with Gasteiger partial charge in [-0.15, -0.1) is 0 Å². The van der Waals surface area contributed by atoms with Gasteiger partial charge < -0.3 is 20.1 Å². The van der Waals surface area contributed by atoms with Crippen LogP contribution in [-0.4, -0.2) is 47.0 Å². The van der Waals surface area contributed by atoms with E-state index >= 15 is 0 Å². The quantitative estimate of drug-likeness (QED) is 0.384. The molecule has 0 saturated heterocycles. The van der Waals surface area contributed by atoms with Crippen LogP contribution in [0.25, 0.3) is 11.0 Å². The highest BCUT2D eigenvalue weighted by Gasteiger charge is 2.20. The van der Waals surface area contributed by atoms with Crippen molar-refractivity contribution in [1.82, 2.24) is 9.97 Å². The average molecular weight is 444 g/mol. The SMILES string of the molecule is COc1cccc(NC(=O)c2ccccc2C(=O)c2ccc3nc(N(C)C(=O)O)[nH]c3c2)c1. The van der Waals surface area contributed by atoms with Crippen LogP contribution in [0.4, 0.5) is 16.4 Å². The molecule has 9 heteroatoms. The molecule has 0 aliphatic rings. The van der Waals surface area contributed by atoms with E-state index in [0.29, 0.717) is 28.0 Å². The summed E-state index contributed by atoms with van der Waals surface area (Å²) in [6.07, 6.45) is -1.17. The van der Waals surface area contributed by atoms with Gasteiger partial charge in [-0.25, -0.2) is 9.78 Å². The van der Waals surface area contributed by atoms with Crippen LogP contribution >= 0.6 is 0 Å². The van der Waals surface area contributed by atoms with Crippen molar-refractivity contribution >= 4 is 40.5 Å². The van der Waals surface area contributed by atoms with Gasteiger partial charge in [-0.05, 0) is 36.4 Å². The number of carboxylic acid groups (broad SMARTS) is 1. The van der Waals surface area contributed by atoms with Crippen molar-refractivity contribution in [2.75, 3.05) is 24.4 Å². The first-order valence-corrected chi connectivity index (χ1v) is 9.93. The maximum absolute atomic E-state index is 13.3. The molecule has 3 aromatic carbocycles. The van der Waals surface area contributed by atoms with Crippen LogP contribution in [0, 0.1) is 0 Å². The standard InChI is InChI=1S/C24H20N4O5/c1-28(24(31)32)23-26-19-11-10-14(12-20(19)27-23)21(29)17-8-3-4-9-18(17)22(30)25-15-6-5-7-16(13-15)33-2/h3-13H,1-2H3,(H,25,30)(H,26,27)(H,31,32). The summed E-state index contributed by atoms with van der Waals surface area (Å²) in [6, 6.07) is 18.3. The van der Waals surface area contributed by atoms with Crippen LogP contribution in [0.2, 0.25) is 0 Å². The molecule has 0 fully saturated rings. The average Bonchev–Trinajstić information content (AvgIpc) is 3.26. The van der Waals surface area contributed by atoms with Gasteiger partial charge in [0, 0.05) is 29.9 Å². The number of ketones is 1. The van der Waals surface area contributed by atoms with Crippen molar-refractivity contribution in [3.63, 3.8) is 0 Å². The molecule has 0 unspecified atom stereocenters. The van der Waals surface area contributed by atoms with Gasteiger partial charge in [-0.1, -0.05) is 24.3 Å². The first-order valence-electron chi connectivity index (χ1n) is 9.93. The predicted octanol–water partition coefficient (Wildman–Crippen LogP) is 4.17. The smallest absolute Gasteiger partial charge is 0.413 e. The third kappa shape index (κ3) is 4.38.